The molecule has 2 fully saturated rings. The zero-order valence-corrected chi connectivity index (χ0v) is 22.5. The number of piperidine rings is 1. The van der Waals surface area contributed by atoms with E-state index in [9.17, 15) is 0 Å². The highest BCUT2D eigenvalue weighted by atomic mass is 16.5. The second kappa shape index (κ2) is 10.1. The number of likely N-dealkylation sites (N-methyl/N-ethyl adjacent to an activating group) is 1. The summed E-state index contributed by atoms with van der Waals surface area (Å²) >= 11 is 0. The Kier molecular flexibility index (Phi) is 6.63. The third-order valence-electron chi connectivity index (χ3n) is 8.64. The minimum atomic E-state index is -0.0455. The third-order valence-corrected chi connectivity index (χ3v) is 8.64. The molecule has 0 bridgehead atoms. The van der Waals surface area contributed by atoms with Gasteiger partial charge >= 0.3 is 0 Å². The highest BCUT2D eigenvalue weighted by Gasteiger charge is 2.40. The quantitative estimate of drug-likeness (QED) is 0.512. The number of aryl methyl sites for hydroxylation is 2. The van der Waals surface area contributed by atoms with Crippen LogP contribution >= 0.6 is 0 Å². The Hall–Kier alpha value is -2.96. The van der Waals surface area contributed by atoms with E-state index in [1.54, 1.807) is 0 Å². The molecule has 6 nitrogen and oxygen atoms in total. The van der Waals surface area contributed by atoms with Crippen molar-refractivity contribution in [2.75, 3.05) is 51.2 Å². The van der Waals surface area contributed by atoms with Gasteiger partial charge < -0.3 is 14.5 Å². The number of rotatable bonds is 4. The first-order valence-electron chi connectivity index (χ1n) is 13.8. The second-order valence-corrected chi connectivity index (χ2v) is 11.3. The van der Waals surface area contributed by atoms with Crippen molar-refractivity contribution in [1.29, 1.82) is 0 Å². The zero-order chi connectivity index (χ0) is 25.4. The van der Waals surface area contributed by atoms with Crippen LogP contribution < -0.4 is 9.64 Å². The number of anilines is 1. The SMILES string of the molecule is Cc1cc(-c2ccc3c(c2C)OC2(CC3)CCN(Cc3cccc(N4CCN(C)CC4)n3)CC2)ccn1. The fourth-order valence-corrected chi connectivity index (χ4v) is 6.21. The van der Waals surface area contributed by atoms with Crippen LogP contribution in [0.3, 0.4) is 0 Å². The number of benzene rings is 1. The van der Waals surface area contributed by atoms with E-state index < -0.39 is 0 Å². The zero-order valence-electron chi connectivity index (χ0n) is 22.5. The van der Waals surface area contributed by atoms with Crippen molar-refractivity contribution in [3.8, 4) is 16.9 Å². The smallest absolute Gasteiger partial charge is 0.128 e. The minimum absolute atomic E-state index is 0.0455. The Morgan fingerprint density at radius 3 is 2.51 bits per heavy atom. The van der Waals surface area contributed by atoms with Crippen LogP contribution in [0.2, 0.25) is 0 Å². The molecular weight excluding hydrogens is 458 g/mol. The number of fused-ring (bicyclic) bond motifs is 1. The van der Waals surface area contributed by atoms with Crippen LogP contribution in [0.25, 0.3) is 11.1 Å². The third kappa shape index (κ3) is 5.10. The maximum Gasteiger partial charge on any atom is 0.128 e. The van der Waals surface area contributed by atoms with Gasteiger partial charge in [-0.2, -0.15) is 0 Å². The van der Waals surface area contributed by atoms with Gasteiger partial charge in [0, 0.05) is 57.7 Å². The molecule has 2 aromatic heterocycles. The van der Waals surface area contributed by atoms with E-state index in [0.29, 0.717) is 0 Å². The Labute approximate surface area is 221 Å². The van der Waals surface area contributed by atoms with Gasteiger partial charge in [-0.3, -0.25) is 9.88 Å². The van der Waals surface area contributed by atoms with Gasteiger partial charge in [-0.05, 0) is 93.1 Å². The van der Waals surface area contributed by atoms with Gasteiger partial charge in [0.25, 0.3) is 0 Å². The molecule has 0 atom stereocenters. The number of pyridine rings is 2. The molecule has 1 aromatic carbocycles. The topological polar surface area (TPSA) is 44.7 Å². The van der Waals surface area contributed by atoms with Crippen molar-refractivity contribution >= 4 is 5.82 Å². The summed E-state index contributed by atoms with van der Waals surface area (Å²) in [6.45, 7) is 11.6. The number of piperazine rings is 1. The average Bonchev–Trinajstić information content (AvgIpc) is 2.91. The van der Waals surface area contributed by atoms with Crippen LogP contribution in [0, 0.1) is 13.8 Å². The Morgan fingerprint density at radius 1 is 0.919 bits per heavy atom. The van der Waals surface area contributed by atoms with Crippen LogP contribution in [0.4, 0.5) is 5.82 Å². The number of nitrogens with zero attached hydrogens (tertiary/aromatic N) is 5. The highest BCUT2D eigenvalue weighted by molar-refractivity contribution is 5.71. The second-order valence-electron chi connectivity index (χ2n) is 11.3. The van der Waals surface area contributed by atoms with Crippen molar-refractivity contribution in [2.24, 2.45) is 0 Å². The summed E-state index contributed by atoms with van der Waals surface area (Å²) in [7, 11) is 2.20. The van der Waals surface area contributed by atoms with Gasteiger partial charge in [-0.1, -0.05) is 18.2 Å². The number of ether oxygens (including phenoxy) is 1. The summed E-state index contributed by atoms with van der Waals surface area (Å²) in [5.41, 5.74) is 7.26. The van der Waals surface area contributed by atoms with Gasteiger partial charge in [-0.25, -0.2) is 4.98 Å². The molecule has 6 rings (SSSR count). The largest absolute Gasteiger partial charge is 0.487 e. The van der Waals surface area contributed by atoms with Crippen LogP contribution in [0.1, 0.15) is 41.8 Å². The van der Waals surface area contributed by atoms with E-state index in [-0.39, 0.29) is 5.60 Å². The lowest BCUT2D eigenvalue weighted by Crippen LogP contribution is -2.49. The molecule has 0 amide bonds. The molecule has 3 aliphatic heterocycles. The molecule has 0 radical (unpaired) electrons. The molecule has 3 aliphatic rings. The van der Waals surface area contributed by atoms with Crippen LogP contribution in [-0.2, 0) is 13.0 Å². The van der Waals surface area contributed by atoms with Gasteiger partial charge in [0.2, 0.25) is 0 Å². The lowest BCUT2D eigenvalue weighted by atomic mass is 9.82. The lowest BCUT2D eigenvalue weighted by Gasteiger charge is -2.45. The molecule has 2 saturated heterocycles. The first kappa shape index (κ1) is 24.4. The summed E-state index contributed by atoms with van der Waals surface area (Å²) < 4.78 is 6.92. The minimum Gasteiger partial charge on any atom is -0.487 e. The van der Waals surface area contributed by atoms with Crippen molar-refractivity contribution in [2.45, 2.75) is 51.7 Å². The molecule has 0 N–H and O–H groups in total. The summed E-state index contributed by atoms with van der Waals surface area (Å²) in [4.78, 5) is 16.8. The van der Waals surface area contributed by atoms with E-state index in [1.165, 1.54) is 27.9 Å². The molecule has 5 heterocycles. The maximum atomic E-state index is 6.92. The summed E-state index contributed by atoms with van der Waals surface area (Å²) in [6.07, 6.45) is 6.25. The van der Waals surface area contributed by atoms with Crippen molar-refractivity contribution < 1.29 is 4.74 Å². The first-order valence-corrected chi connectivity index (χ1v) is 13.8. The van der Waals surface area contributed by atoms with Gasteiger partial charge in [0.15, 0.2) is 0 Å². The van der Waals surface area contributed by atoms with Crippen LogP contribution in [-0.4, -0.2) is 71.7 Å². The first-order chi connectivity index (χ1) is 18.0. The predicted molar refractivity (Wildman–Crippen MR) is 149 cm³/mol. The van der Waals surface area contributed by atoms with Gasteiger partial charge in [0.05, 0.1) is 5.69 Å². The lowest BCUT2D eigenvalue weighted by molar-refractivity contribution is -0.0170. The van der Waals surface area contributed by atoms with Gasteiger partial charge in [0.1, 0.15) is 17.2 Å². The fourth-order valence-electron chi connectivity index (χ4n) is 6.21. The molecule has 194 valence electrons. The molecular formula is C31H39N5O. The molecule has 0 unspecified atom stereocenters. The Bertz CT molecular complexity index is 1260. The molecule has 1 spiro atoms. The van der Waals surface area contributed by atoms with E-state index in [4.69, 9.17) is 9.72 Å². The number of hydrogen-bond acceptors (Lipinski definition) is 6. The van der Waals surface area contributed by atoms with Crippen molar-refractivity contribution in [1.82, 2.24) is 19.8 Å². The molecule has 6 heteroatoms. The van der Waals surface area contributed by atoms with E-state index in [2.05, 4.69) is 83.0 Å². The van der Waals surface area contributed by atoms with Crippen molar-refractivity contribution in [3.63, 3.8) is 0 Å². The van der Waals surface area contributed by atoms with Gasteiger partial charge in [-0.15, -0.1) is 0 Å². The standard InChI is InChI=1S/C31H39N5O/c1-23-21-26(10-14-32-23)28-8-7-25-9-11-31(37-30(25)24(28)2)12-15-35(16-13-31)22-27-5-4-6-29(33-27)36-19-17-34(3)18-20-36/h4-8,10,14,21H,9,11-13,15-20,22H2,1-3H3. The monoisotopic (exact) mass is 497 g/mol. The molecule has 0 saturated carbocycles. The molecule has 3 aromatic rings. The summed E-state index contributed by atoms with van der Waals surface area (Å²) in [5.74, 6) is 2.25. The summed E-state index contributed by atoms with van der Waals surface area (Å²) in [5, 5.41) is 0. The van der Waals surface area contributed by atoms with E-state index in [1.807, 2.05) is 6.20 Å². The van der Waals surface area contributed by atoms with Crippen molar-refractivity contribution in [3.05, 3.63) is 71.2 Å². The molecule has 37 heavy (non-hydrogen) atoms. The Morgan fingerprint density at radius 2 is 1.73 bits per heavy atom. The highest BCUT2D eigenvalue weighted by Crippen LogP contribution is 2.43. The normalized spacial score (nSPS) is 20.0. The Balaban J connectivity index is 1.12. The van der Waals surface area contributed by atoms with E-state index >= 15 is 0 Å². The number of hydrogen-bond donors (Lipinski definition) is 0. The maximum absolute atomic E-state index is 6.92. The average molecular weight is 498 g/mol. The molecule has 0 aliphatic carbocycles. The van der Waals surface area contributed by atoms with E-state index in [0.717, 1.165) is 88.8 Å². The predicted octanol–water partition coefficient (Wildman–Crippen LogP) is 4.87. The van der Waals surface area contributed by atoms with Crippen LogP contribution in [0.5, 0.6) is 5.75 Å². The number of aromatic nitrogens is 2. The van der Waals surface area contributed by atoms with Crippen LogP contribution in [0.15, 0.2) is 48.7 Å². The number of likely N-dealkylation sites (tertiary alicyclic amines) is 1. The fraction of sp³-hybridized carbons (Fsp3) is 0.484. The summed E-state index contributed by atoms with van der Waals surface area (Å²) in [6, 6.07) is 15.3.